The van der Waals surface area contributed by atoms with Gasteiger partial charge in [0, 0.05) is 5.70 Å². The fraction of sp³-hybridized carbons (Fsp3) is 0.500. The fourth-order valence-corrected chi connectivity index (χ4v) is 1.72. The average Bonchev–Trinajstić information content (AvgIpc) is 2.35. The predicted octanol–water partition coefficient (Wildman–Crippen LogP) is 4.59. The van der Waals surface area contributed by atoms with Crippen molar-refractivity contribution in [1.29, 1.82) is 0 Å². The molecule has 0 fully saturated rings. The van der Waals surface area contributed by atoms with E-state index < -0.39 is 0 Å². The number of rotatable bonds is 7. The molecule has 19 heavy (non-hydrogen) atoms. The summed E-state index contributed by atoms with van der Waals surface area (Å²) in [6.45, 7) is 12.3. The molecule has 0 aromatic carbocycles. The first-order valence-electron chi connectivity index (χ1n) is 6.70. The first-order chi connectivity index (χ1) is 8.77. The lowest BCUT2D eigenvalue weighted by molar-refractivity contribution is 0.583. The molecule has 2 nitrogen and oxygen atoms in total. The molecule has 0 aromatic rings. The Morgan fingerprint density at radius 3 is 2.37 bits per heavy atom. The van der Waals surface area contributed by atoms with E-state index >= 15 is 0 Å². The van der Waals surface area contributed by atoms with Gasteiger partial charge < -0.3 is 11.5 Å². The minimum Gasteiger partial charge on any atom is -0.399 e. The first-order valence-corrected chi connectivity index (χ1v) is 7.08. The van der Waals surface area contributed by atoms with Crippen molar-refractivity contribution >= 4 is 11.6 Å². The Bertz CT molecular complexity index is 399. The SMILES string of the molecule is C=C(/C=C(\C)CC)/C(N)=C/CC(C)C/C(C)=C(\N)Cl. The van der Waals surface area contributed by atoms with Crippen LogP contribution in [-0.2, 0) is 0 Å². The number of allylic oxidation sites excluding steroid dienone is 4. The number of nitrogens with two attached hydrogens (primary N) is 2. The molecule has 0 heterocycles. The van der Waals surface area contributed by atoms with Crippen LogP contribution in [0.2, 0.25) is 0 Å². The molecule has 1 unspecified atom stereocenters. The summed E-state index contributed by atoms with van der Waals surface area (Å²) in [7, 11) is 0. The summed E-state index contributed by atoms with van der Waals surface area (Å²) in [4.78, 5) is 0. The monoisotopic (exact) mass is 282 g/mol. The van der Waals surface area contributed by atoms with Crippen molar-refractivity contribution < 1.29 is 0 Å². The van der Waals surface area contributed by atoms with E-state index in [0.717, 1.165) is 36.1 Å². The maximum absolute atomic E-state index is 6.01. The summed E-state index contributed by atoms with van der Waals surface area (Å²) in [6.07, 6.45) is 6.87. The number of hydrogen-bond donors (Lipinski definition) is 2. The van der Waals surface area contributed by atoms with Crippen LogP contribution in [0.25, 0.3) is 0 Å². The highest BCUT2D eigenvalue weighted by Crippen LogP contribution is 2.19. The zero-order chi connectivity index (χ0) is 15.0. The van der Waals surface area contributed by atoms with Gasteiger partial charge in [0.2, 0.25) is 0 Å². The van der Waals surface area contributed by atoms with Crippen LogP contribution in [0.15, 0.2) is 46.3 Å². The van der Waals surface area contributed by atoms with E-state index in [9.17, 15) is 0 Å². The largest absolute Gasteiger partial charge is 0.399 e. The molecular weight excluding hydrogens is 256 g/mol. The minimum absolute atomic E-state index is 0.398. The van der Waals surface area contributed by atoms with E-state index in [1.165, 1.54) is 5.57 Å². The Kier molecular flexibility index (Phi) is 8.33. The zero-order valence-corrected chi connectivity index (χ0v) is 13.3. The van der Waals surface area contributed by atoms with E-state index in [1.807, 2.05) is 19.1 Å². The van der Waals surface area contributed by atoms with Gasteiger partial charge in [-0.3, -0.25) is 0 Å². The molecule has 0 saturated carbocycles. The summed E-state index contributed by atoms with van der Waals surface area (Å²) in [5.41, 5.74) is 15.5. The van der Waals surface area contributed by atoms with Crippen LogP contribution in [0.3, 0.4) is 0 Å². The Balaban J connectivity index is 4.48. The van der Waals surface area contributed by atoms with Crippen LogP contribution in [0.1, 0.15) is 47.0 Å². The summed E-state index contributed by atoms with van der Waals surface area (Å²) in [5, 5.41) is 0.398. The van der Waals surface area contributed by atoms with Crippen LogP contribution in [0.4, 0.5) is 0 Å². The van der Waals surface area contributed by atoms with Crippen molar-refractivity contribution in [1.82, 2.24) is 0 Å². The summed E-state index contributed by atoms with van der Waals surface area (Å²) in [6, 6.07) is 0. The lowest BCUT2D eigenvalue weighted by Crippen LogP contribution is -2.03. The molecule has 0 radical (unpaired) electrons. The molecule has 0 aliphatic carbocycles. The zero-order valence-electron chi connectivity index (χ0n) is 12.6. The van der Waals surface area contributed by atoms with Gasteiger partial charge >= 0.3 is 0 Å². The predicted molar refractivity (Wildman–Crippen MR) is 86.6 cm³/mol. The van der Waals surface area contributed by atoms with Crippen molar-refractivity contribution in [3.05, 3.63) is 46.3 Å². The molecule has 4 N–H and O–H groups in total. The second-order valence-corrected chi connectivity index (χ2v) is 5.61. The van der Waals surface area contributed by atoms with Gasteiger partial charge in [-0.1, -0.05) is 49.8 Å². The topological polar surface area (TPSA) is 52.0 Å². The molecule has 0 rings (SSSR count). The Labute approximate surface area is 122 Å². The third kappa shape index (κ3) is 7.78. The normalized spacial score (nSPS) is 16.1. The lowest BCUT2D eigenvalue weighted by Gasteiger charge is -2.11. The highest BCUT2D eigenvalue weighted by Gasteiger charge is 2.04. The van der Waals surface area contributed by atoms with E-state index in [-0.39, 0.29) is 0 Å². The van der Waals surface area contributed by atoms with Gasteiger partial charge in [-0.25, -0.2) is 0 Å². The quantitative estimate of drug-likeness (QED) is 0.530. The Morgan fingerprint density at radius 1 is 1.32 bits per heavy atom. The van der Waals surface area contributed by atoms with E-state index in [1.54, 1.807) is 0 Å². The smallest absolute Gasteiger partial charge is 0.0980 e. The van der Waals surface area contributed by atoms with Gasteiger partial charge in [0.25, 0.3) is 0 Å². The van der Waals surface area contributed by atoms with Gasteiger partial charge in [-0.15, -0.1) is 0 Å². The van der Waals surface area contributed by atoms with Crippen molar-refractivity contribution in [2.75, 3.05) is 0 Å². The molecular formula is C16H27ClN2. The molecule has 0 amide bonds. The maximum atomic E-state index is 6.01. The highest BCUT2D eigenvalue weighted by molar-refractivity contribution is 6.29. The van der Waals surface area contributed by atoms with Crippen molar-refractivity contribution in [3.8, 4) is 0 Å². The van der Waals surface area contributed by atoms with Crippen LogP contribution in [-0.4, -0.2) is 0 Å². The molecule has 1 atom stereocenters. The van der Waals surface area contributed by atoms with Crippen molar-refractivity contribution in [3.63, 3.8) is 0 Å². The lowest BCUT2D eigenvalue weighted by atomic mass is 9.98. The molecule has 0 spiro atoms. The Hall–Kier alpha value is -1.15. The van der Waals surface area contributed by atoms with Gasteiger partial charge in [0.1, 0.15) is 0 Å². The van der Waals surface area contributed by atoms with Crippen LogP contribution in [0.5, 0.6) is 0 Å². The van der Waals surface area contributed by atoms with E-state index in [4.69, 9.17) is 23.1 Å². The second-order valence-electron chi connectivity index (χ2n) is 5.20. The molecule has 0 aliphatic heterocycles. The van der Waals surface area contributed by atoms with Gasteiger partial charge in [0.15, 0.2) is 0 Å². The average molecular weight is 283 g/mol. The standard InChI is InChI=1S/C16H27ClN2/c1-6-11(2)9-13(4)15(18)8-7-12(3)10-14(5)16(17)19/h8-9,12H,4,6-7,10,18-19H2,1-3,5H3/b11-9+,15-8-,16-14-. The van der Waals surface area contributed by atoms with Gasteiger partial charge in [-0.2, -0.15) is 0 Å². The van der Waals surface area contributed by atoms with Crippen molar-refractivity contribution in [2.24, 2.45) is 17.4 Å². The summed E-state index contributed by atoms with van der Waals surface area (Å²) >= 11 is 5.75. The van der Waals surface area contributed by atoms with Crippen LogP contribution in [0, 0.1) is 5.92 Å². The summed E-state index contributed by atoms with van der Waals surface area (Å²) in [5.74, 6) is 0.458. The number of halogens is 1. The van der Waals surface area contributed by atoms with Crippen LogP contribution >= 0.6 is 11.6 Å². The first kappa shape index (κ1) is 17.8. The minimum atomic E-state index is 0.398. The van der Waals surface area contributed by atoms with Gasteiger partial charge in [0.05, 0.1) is 5.16 Å². The molecule has 0 bridgehead atoms. The highest BCUT2D eigenvalue weighted by atomic mass is 35.5. The number of hydrogen-bond acceptors (Lipinski definition) is 2. The molecule has 0 aliphatic rings. The fourth-order valence-electron chi connectivity index (χ4n) is 1.65. The van der Waals surface area contributed by atoms with Crippen molar-refractivity contribution in [2.45, 2.75) is 47.0 Å². The Morgan fingerprint density at radius 2 is 1.89 bits per heavy atom. The molecule has 0 aromatic heterocycles. The molecule has 3 heteroatoms. The second kappa shape index (κ2) is 8.87. The molecule has 0 saturated heterocycles. The van der Waals surface area contributed by atoms with E-state index in [0.29, 0.717) is 11.1 Å². The van der Waals surface area contributed by atoms with Gasteiger partial charge in [-0.05, 0) is 50.2 Å². The summed E-state index contributed by atoms with van der Waals surface area (Å²) < 4.78 is 0. The molecule has 108 valence electrons. The third-order valence-corrected chi connectivity index (χ3v) is 3.47. The van der Waals surface area contributed by atoms with Crippen LogP contribution < -0.4 is 11.5 Å². The third-order valence-electron chi connectivity index (χ3n) is 3.15. The van der Waals surface area contributed by atoms with E-state index in [2.05, 4.69) is 27.4 Å². The maximum Gasteiger partial charge on any atom is 0.0980 e.